The highest BCUT2D eigenvalue weighted by Crippen LogP contribution is 2.31. The molecule has 0 aliphatic carbocycles. The van der Waals surface area contributed by atoms with Gasteiger partial charge in [0.15, 0.2) is 0 Å². The topological polar surface area (TPSA) is 92.5 Å². The lowest BCUT2D eigenvalue weighted by atomic mass is 10.1. The van der Waals surface area contributed by atoms with Gasteiger partial charge >= 0.3 is 5.97 Å². The Bertz CT molecular complexity index is 714. The standard InChI is InChI=1S/C13H8Cl2N2O4/c14-8-4-9(15)6-10(5-8)16-11-2-1-7(13(18)19)3-12(11)17(20)21/h1-6,16H,(H,18,19). The van der Waals surface area contributed by atoms with E-state index in [-0.39, 0.29) is 16.9 Å². The minimum absolute atomic E-state index is 0.142. The Morgan fingerprint density at radius 2 is 1.76 bits per heavy atom. The number of nitrogens with zero attached hydrogens (tertiary/aromatic N) is 1. The molecule has 0 saturated heterocycles. The highest BCUT2D eigenvalue weighted by Gasteiger charge is 2.17. The number of carbonyl (C=O) groups is 1. The van der Waals surface area contributed by atoms with Gasteiger partial charge in [0.1, 0.15) is 5.69 Å². The molecule has 0 heterocycles. The minimum atomic E-state index is -1.24. The first-order valence-electron chi connectivity index (χ1n) is 5.61. The van der Waals surface area contributed by atoms with Crippen LogP contribution in [0.1, 0.15) is 10.4 Å². The first-order valence-corrected chi connectivity index (χ1v) is 6.37. The van der Waals surface area contributed by atoms with Crippen molar-refractivity contribution < 1.29 is 14.8 Å². The van der Waals surface area contributed by atoms with E-state index in [9.17, 15) is 14.9 Å². The van der Waals surface area contributed by atoms with Gasteiger partial charge in [-0.05, 0) is 30.3 Å². The van der Waals surface area contributed by atoms with Crippen LogP contribution in [0.15, 0.2) is 36.4 Å². The van der Waals surface area contributed by atoms with Gasteiger partial charge in [0, 0.05) is 21.8 Å². The van der Waals surface area contributed by atoms with Crippen LogP contribution in [0.5, 0.6) is 0 Å². The highest BCUT2D eigenvalue weighted by molar-refractivity contribution is 6.35. The molecule has 0 aromatic heterocycles. The smallest absolute Gasteiger partial charge is 0.335 e. The number of aromatic carboxylic acids is 1. The van der Waals surface area contributed by atoms with Gasteiger partial charge in [-0.3, -0.25) is 10.1 Å². The largest absolute Gasteiger partial charge is 0.478 e. The first kappa shape index (κ1) is 15.1. The summed E-state index contributed by atoms with van der Waals surface area (Å²) < 4.78 is 0. The summed E-state index contributed by atoms with van der Waals surface area (Å²) in [5.74, 6) is -1.24. The Labute approximate surface area is 129 Å². The maximum atomic E-state index is 11.0. The van der Waals surface area contributed by atoms with Crippen LogP contribution in [0, 0.1) is 10.1 Å². The second kappa shape index (κ2) is 5.99. The van der Waals surface area contributed by atoms with Crippen LogP contribution in [-0.2, 0) is 0 Å². The van der Waals surface area contributed by atoms with E-state index >= 15 is 0 Å². The molecule has 0 saturated carbocycles. The second-order valence-corrected chi connectivity index (χ2v) is 4.95. The summed E-state index contributed by atoms with van der Waals surface area (Å²) in [6.45, 7) is 0. The number of anilines is 2. The van der Waals surface area contributed by atoms with E-state index in [2.05, 4.69) is 5.32 Å². The van der Waals surface area contributed by atoms with E-state index in [0.717, 1.165) is 6.07 Å². The number of nitrogens with one attached hydrogen (secondary N) is 1. The van der Waals surface area contributed by atoms with E-state index in [1.54, 1.807) is 12.1 Å². The average Bonchev–Trinajstić information content (AvgIpc) is 2.37. The van der Waals surface area contributed by atoms with Crippen LogP contribution in [0.2, 0.25) is 10.0 Å². The molecule has 6 nitrogen and oxygen atoms in total. The van der Waals surface area contributed by atoms with E-state index < -0.39 is 10.9 Å². The third-order valence-corrected chi connectivity index (χ3v) is 3.02. The van der Waals surface area contributed by atoms with E-state index in [0.29, 0.717) is 15.7 Å². The lowest BCUT2D eigenvalue weighted by Gasteiger charge is -2.08. The van der Waals surface area contributed by atoms with Gasteiger partial charge in [-0.25, -0.2) is 4.79 Å². The summed E-state index contributed by atoms with van der Waals surface area (Å²) in [6.07, 6.45) is 0. The molecule has 0 fully saturated rings. The van der Waals surface area contributed by atoms with Crippen molar-refractivity contribution in [3.05, 3.63) is 62.1 Å². The quantitative estimate of drug-likeness (QED) is 0.643. The number of hydrogen-bond acceptors (Lipinski definition) is 4. The van der Waals surface area contributed by atoms with Gasteiger partial charge in [-0.1, -0.05) is 23.2 Å². The molecular weight excluding hydrogens is 319 g/mol. The van der Waals surface area contributed by atoms with Crippen LogP contribution in [0.4, 0.5) is 17.1 Å². The Balaban J connectivity index is 2.43. The number of benzene rings is 2. The minimum Gasteiger partial charge on any atom is -0.478 e. The summed E-state index contributed by atoms with van der Waals surface area (Å²) in [5.41, 5.74) is 0.0735. The fourth-order valence-electron chi connectivity index (χ4n) is 1.70. The molecule has 108 valence electrons. The second-order valence-electron chi connectivity index (χ2n) is 4.08. The van der Waals surface area contributed by atoms with Crippen molar-refractivity contribution in [3.8, 4) is 0 Å². The van der Waals surface area contributed by atoms with Crippen molar-refractivity contribution in [2.24, 2.45) is 0 Å². The number of nitro benzene ring substituents is 1. The zero-order valence-electron chi connectivity index (χ0n) is 10.3. The van der Waals surface area contributed by atoms with Crippen LogP contribution in [0.3, 0.4) is 0 Å². The molecule has 0 aliphatic heterocycles. The predicted octanol–water partition coefficient (Wildman–Crippen LogP) is 4.34. The van der Waals surface area contributed by atoms with Crippen molar-refractivity contribution in [1.82, 2.24) is 0 Å². The number of halogens is 2. The zero-order valence-corrected chi connectivity index (χ0v) is 11.9. The van der Waals surface area contributed by atoms with Gasteiger partial charge in [0.25, 0.3) is 5.69 Å². The summed E-state index contributed by atoms with van der Waals surface area (Å²) in [5, 5.41) is 23.4. The first-order chi connectivity index (χ1) is 9.86. The van der Waals surface area contributed by atoms with Crippen LogP contribution < -0.4 is 5.32 Å². The molecule has 2 aromatic carbocycles. The summed E-state index contributed by atoms with van der Waals surface area (Å²) in [4.78, 5) is 21.2. The Morgan fingerprint density at radius 3 is 2.29 bits per heavy atom. The third kappa shape index (κ3) is 3.62. The van der Waals surface area contributed by atoms with Crippen LogP contribution in [0.25, 0.3) is 0 Å². The van der Waals surface area contributed by atoms with Crippen LogP contribution >= 0.6 is 23.2 Å². The maximum absolute atomic E-state index is 11.0. The molecule has 21 heavy (non-hydrogen) atoms. The average molecular weight is 327 g/mol. The van der Waals surface area contributed by atoms with Gasteiger partial charge < -0.3 is 10.4 Å². The van der Waals surface area contributed by atoms with E-state index in [1.165, 1.54) is 18.2 Å². The van der Waals surface area contributed by atoms with Crippen molar-refractivity contribution in [1.29, 1.82) is 0 Å². The Kier molecular flexibility index (Phi) is 4.30. The van der Waals surface area contributed by atoms with Crippen molar-refractivity contribution >= 4 is 46.2 Å². The van der Waals surface area contributed by atoms with E-state index in [4.69, 9.17) is 28.3 Å². The lowest BCUT2D eigenvalue weighted by molar-refractivity contribution is -0.383. The van der Waals surface area contributed by atoms with Gasteiger partial charge in [-0.15, -0.1) is 0 Å². The van der Waals surface area contributed by atoms with Crippen molar-refractivity contribution in [2.75, 3.05) is 5.32 Å². The SMILES string of the molecule is O=C(O)c1ccc(Nc2cc(Cl)cc(Cl)c2)c([N+](=O)[O-])c1. The summed E-state index contributed by atoms with van der Waals surface area (Å²) in [6, 6.07) is 8.18. The van der Waals surface area contributed by atoms with Gasteiger partial charge in [0.05, 0.1) is 10.5 Å². The molecule has 0 aliphatic rings. The molecule has 0 atom stereocenters. The van der Waals surface area contributed by atoms with Crippen LogP contribution in [-0.4, -0.2) is 16.0 Å². The zero-order chi connectivity index (χ0) is 15.6. The normalized spacial score (nSPS) is 10.2. The van der Waals surface area contributed by atoms with E-state index in [1.807, 2.05) is 0 Å². The number of nitro groups is 1. The third-order valence-electron chi connectivity index (χ3n) is 2.58. The number of rotatable bonds is 4. The fraction of sp³-hybridized carbons (Fsp3) is 0. The molecule has 2 aromatic rings. The Morgan fingerprint density at radius 1 is 1.14 bits per heavy atom. The monoisotopic (exact) mass is 326 g/mol. The fourth-order valence-corrected chi connectivity index (χ4v) is 2.23. The maximum Gasteiger partial charge on any atom is 0.335 e. The predicted molar refractivity (Wildman–Crippen MR) is 79.8 cm³/mol. The number of carboxylic acids is 1. The molecule has 0 radical (unpaired) electrons. The molecule has 2 rings (SSSR count). The summed E-state index contributed by atoms with van der Waals surface area (Å²) in [7, 11) is 0. The lowest BCUT2D eigenvalue weighted by Crippen LogP contribution is -2.01. The van der Waals surface area contributed by atoms with Gasteiger partial charge in [-0.2, -0.15) is 0 Å². The van der Waals surface area contributed by atoms with Crippen molar-refractivity contribution in [2.45, 2.75) is 0 Å². The van der Waals surface area contributed by atoms with Gasteiger partial charge in [0.2, 0.25) is 0 Å². The summed E-state index contributed by atoms with van der Waals surface area (Å²) >= 11 is 11.7. The molecule has 8 heteroatoms. The molecule has 2 N–H and O–H groups in total. The molecule has 0 bridgehead atoms. The molecule has 0 unspecified atom stereocenters. The highest BCUT2D eigenvalue weighted by atomic mass is 35.5. The Hall–Kier alpha value is -2.31. The molecule has 0 amide bonds. The number of hydrogen-bond donors (Lipinski definition) is 2. The van der Waals surface area contributed by atoms with Crippen molar-refractivity contribution in [3.63, 3.8) is 0 Å². The number of carboxylic acid groups (broad SMARTS) is 1. The molecular formula is C13H8Cl2N2O4. The molecule has 0 spiro atoms.